The Morgan fingerprint density at radius 3 is 2.57 bits per heavy atom. The van der Waals surface area contributed by atoms with Crippen LogP contribution in [0.4, 0.5) is 9.93 Å². The molecule has 1 amide bonds. The fourth-order valence-electron chi connectivity index (χ4n) is 4.23. The van der Waals surface area contributed by atoms with E-state index in [1.165, 1.54) is 16.2 Å². The first-order valence-electron chi connectivity index (χ1n) is 13.0. The summed E-state index contributed by atoms with van der Waals surface area (Å²) in [5, 5.41) is 0.499. The summed E-state index contributed by atoms with van der Waals surface area (Å²) in [4.78, 5) is 28.7. The van der Waals surface area contributed by atoms with Crippen LogP contribution in [0.2, 0.25) is 25.7 Å². The van der Waals surface area contributed by atoms with Gasteiger partial charge in [0.05, 0.1) is 23.8 Å². The van der Waals surface area contributed by atoms with Crippen LogP contribution < -0.4 is 9.64 Å². The van der Waals surface area contributed by atoms with E-state index in [2.05, 4.69) is 34.6 Å². The summed E-state index contributed by atoms with van der Waals surface area (Å²) in [6, 6.07) is 3.21. The highest BCUT2D eigenvalue weighted by molar-refractivity contribution is 7.19. The molecule has 0 atom stereocenters. The van der Waals surface area contributed by atoms with E-state index < -0.39 is 19.8 Å². The van der Waals surface area contributed by atoms with E-state index in [0.717, 1.165) is 49.8 Å². The van der Waals surface area contributed by atoms with Crippen molar-refractivity contribution in [1.29, 1.82) is 0 Å². The van der Waals surface area contributed by atoms with Gasteiger partial charge in [-0.3, -0.25) is 0 Å². The Labute approximate surface area is 224 Å². The number of amides is 1. The predicted molar refractivity (Wildman–Crippen MR) is 147 cm³/mol. The molecule has 2 aromatic rings. The molecular formula is C26H40N4O5SSi. The lowest BCUT2D eigenvalue weighted by Crippen LogP contribution is -2.46. The molecule has 204 valence electrons. The quantitative estimate of drug-likeness (QED) is 0.214. The molecule has 1 spiro atoms. The van der Waals surface area contributed by atoms with Crippen molar-refractivity contribution in [2.24, 2.45) is 5.41 Å². The van der Waals surface area contributed by atoms with E-state index in [4.69, 9.17) is 18.9 Å². The second-order valence-electron chi connectivity index (χ2n) is 12.3. The number of anilines is 1. The number of hydrogen-bond donors (Lipinski definition) is 0. The van der Waals surface area contributed by atoms with Gasteiger partial charge in [0.1, 0.15) is 18.4 Å². The molecule has 0 aromatic carbocycles. The predicted octanol–water partition coefficient (Wildman–Crippen LogP) is 5.99. The highest BCUT2D eigenvalue weighted by Gasteiger charge is 2.42. The molecule has 11 heteroatoms. The zero-order valence-electron chi connectivity index (χ0n) is 22.9. The molecule has 0 radical (unpaired) electrons. The average Bonchev–Trinajstić information content (AvgIpc) is 3.27. The topological polar surface area (TPSA) is 95.9 Å². The van der Waals surface area contributed by atoms with Crippen LogP contribution >= 0.6 is 11.3 Å². The SMILES string of the molecule is CC(C)(C)OC(=O)N(COCC[Si](C)(C)C)c1ncc(-c2ccnc(OC3CCC4(CC3)COC4)n2)s1. The van der Waals surface area contributed by atoms with Crippen LogP contribution in [-0.2, 0) is 14.2 Å². The normalized spacial score (nSPS) is 17.9. The van der Waals surface area contributed by atoms with Crippen molar-refractivity contribution in [2.45, 2.75) is 83.8 Å². The molecule has 4 rings (SSSR count). The molecule has 37 heavy (non-hydrogen) atoms. The summed E-state index contributed by atoms with van der Waals surface area (Å²) in [6.07, 6.45) is 7.27. The number of ether oxygens (including phenoxy) is 4. The number of rotatable bonds is 9. The Hall–Kier alpha value is -2.08. The molecule has 0 N–H and O–H groups in total. The van der Waals surface area contributed by atoms with Crippen molar-refractivity contribution >= 4 is 30.6 Å². The molecule has 0 unspecified atom stereocenters. The minimum Gasteiger partial charge on any atom is -0.460 e. The van der Waals surface area contributed by atoms with Gasteiger partial charge in [0.2, 0.25) is 0 Å². The lowest BCUT2D eigenvalue weighted by molar-refractivity contribution is -0.140. The smallest absolute Gasteiger partial charge is 0.418 e. The molecule has 2 aromatic heterocycles. The largest absolute Gasteiger partial charge is 0.460 e. The summed E-state index contributed by atoms with van der Waals surface area (Å²) >= 11 is 1.36. The standard InChI is InChI=1S/C26H40N4O5SSi/c1-25(2,3)35-24(31)30(18-32-13-14-37(4,5)6)23-28-15-21(36-23)20-9-12-27-22(29-20)34-19-7-10-26(11-8-19)16-33-17-26/h9,12,15,19H,7-8,10-11,13-14,16-18H2,1-6H3. The monoisotopic (exact) mass is 548 g/mol. The highest BCUT2D eigenvalue weighted by atomic mass is 32.1. The van der Waals surface area contributed by atoms with Crippen LogP contribution in [0.25, 0.3) is 10.6 Å². The maximum atomic E-state index is 13.0. The average molecular weight is 549 g/mol. The summed E-state index contributed by atoms with van der Waals surface area (Å²) in [6.45, 7) is 14.8. The van der Waals surface area contributed by atoms with Crippen molar-refractivity contribution in [1.82, 2.24) is 15.0 Å². The zero-order chi connectivity index (χ0) is 26.7. The van der Waals surface area contributed by atoms with Gasteiger partial charge >= 0.3 is 12.1 Å². The van der Waals surface area contributed by atoms with Gasteiger partial charge in [-0.25, -0.2) is 19.7 Å². The summed E-state index contributed by atoms with van der Waals surface area (Å²) in [7, 11) is -1.25. The lowest BCUT2D eigenvalue weighted by atomic mass is 9.72. The summed E-state index contributed by atoms with van der Waals surface area (Å²) in [5.74, 6) is 0. The highest BCUT2D eigenvalue weighted by Crippen LogP contribution is 2.43. The minimum atomic E-state index is -1.25. The molecule has 1 saturated heterocycles. The molecule has 2 fully saturated rings. The zero-order valence-corrected chi connectivity index (χ0v) is 24.7. The third-order valence-corrected chi connectivity index (χ3v) is 9.27. The van der Waals surface area contributed by atoms with Crippen LogP contribution in [0.5, 0.6) is 6.01 Å². The number of hydrogen-bond acceptors (Lipinski definition) is 9. The second-order valence-corrected chi connectivity index (χ2v) is 18.9. The number of carbonyl (C=O) groups is 1. The number of aromatic nitrogens is 3. The molecule has 2 aliphatic rings. The van der Waals surface area contributed by atoms with E-state index in [1.807, 2.05) is 26.8 Å². The third kappa shape index (κ3) is 7.95. The van der Waals surface area contributed by atoms with Crippen LogP contribution in [0.1, 0.15) is 46.5 Å². The number of carbonyl (C=O) groups excluding carboxylic acids is 1. The lowest BCUT2D eigenvalue weighted by Gasteiger charge is -2.45. The third-order valence-electron chi connectivity index (χ3n) is 6.52. The van der Waals surface area contributed by atoms with Gasteiger partial charge < -0.3 is 18.9 Å². The molecule has 9 nitrogen and oxygen atoms in total. The summed E-state index contributed by atoms with van der Waals surface area (Å²) in [5.41, 5.74) is 0.453. The van der Waals surface area contributed by atoms with Gasteiger partial charge in [-0.15, -0.1) is 0 Å². The minimum absolute atomic E-state index is 0.0820. The fourth-order valence-corrected chi connectivity index (χ4v) is 5.85. The molecular weight excluding hydrogens is 508 g/mol. The van der Waals surface area contributed by atoms with Crippen LogP contribution in [0, 0.1) is 5.41 Å². The Bertz CT molecular complexity index is 1050. The van der Waals surface area contributed by atoms with Gasteiger partial charge in [-0.1, -0.05) is 31.0 Å². The van der Waals surface area contributed by atoms with Crippen molar-refractivity contribution in [2.75, 3.05) is 31.5 Å². The molecule has 1 aliphatic heterocycles. The van der Waals surface area contributed by atoms with Crippen molar-refractivity contribution in [3.63, 3.8) is 0 Å². The van der Waals surface area contributed by atoms with Crippen molar-refractivity contribution < 1.29 is 23.7 Å². The van der Waals surface area contributed by atoms with Gasteiger partial charge in [-0.05, 0) is 58.6 Å². The molecule has 1 aliphatic carbocycles. The van der Waals surface area contributed by atoms with Crippen LogP contribution in [-0.4, -0.2) is 67.4 Å². The number of thiazole rings is 1. The summed E-state index contributed by atoms with van der Waals surface area (Å²) < 4.78 is 23.1. The van der Waals surface area contributed by atoms with E-state index in [0.29, 0.717) is 28.9 Å². The van der Waals surface area contributed by atoms with Crippen molar-refractivity contribution in [3.05, 3.63) is 18.5 Å². The van der Waals surface area contributed by atoms with Gasteiger partial charge in [0.15, 0.2) is 5.13 Å². The van der Waals surface area contributed by atoms with E-state index in [9.17, 15) is 4.79 Å². The Kier molecular flexibility index (Phi) is 8.57. The van der Waals surface area contributed by atoms with Gasteiger partial charge in [0.25, 0.3) is 0 Å². The Morgan fingerprint density at radius 1 is 1.22 bits per heavy atom. The Morgan fingerprint density at radius 2 is 1.95 bits per heavy atom. The molecule has 3 heterocycles. The first kappa shape index (κ1) is 27.9. The van der Waals surface area contributed by atoms with Gasteiger partial charge in [0, 0.05) is 32.5 Å². The maximum Gasteiger partial charge on any atom is 0.418 e. The van der Waals surface area contributed by atoms with E-state index in [1.54, 1.807) is 12.4 Å². The number of nitrogens with zero attached hydrogens (tertiary/aromatic N) is 4. The Balaban J connectivity index is 1.42. The maximum absolute atomic E-state index is 13.0. The fraction of sp³-hybridized carbons (Fsp3) is 0.692. The first-order chi connectivity index (χ1) is 17.4. The van der Waals surface area contributed by atoms with Crippen LogP contribution in [0.3, 0.4) is 0 Å². The van der Waals surface area contributed by atoms with Gasteiger partial charge in [-0.2, -0.15) is 4.98 Å². The van der Waals surface area contributed by atoms with E-state index >= 15 is 0 Å². The van der Waals surface area contributed by atoms with Crippen LogP contribution in [0.15, 0.2) is 18.5 Å². The van der Waals surface area contributed by atoms with E-state index in [-0.39, 0.29) is 12.8 Å². The van der Waals surface area contributed by atoms with Crippen molar-refractivity contribution in [3.8, 4) is 16.6 Å². The first-order valence-corrected chi connectivity index (χ1v) is 17.6. The molecule has 0 bridgehead atoms. The molecule has 1 saturated carbocycles. The second kappa shape index (κ2) is 11.3.